The molecule has 2 aromatic heterocycles. The first-order chi connectivity index (χ1) is 12.8. The lowest BCUT2D eigenvalue weighted by Crippen LogP contribution is -2.15. The normalized spacial score (nSPS) is 10.7. The van der Waals surface area contributed by atoms with Gasteiger partial charge in [-0.15, -0.1) is 5.10 Å². The molecule has 1 N–H and O–H groups in total. The van der Waals surface area contributed by atoms with Crippen molar-refractivity contribution in [2.24, 2.45) is 0 Å². The van der Waals surface area contributed by atoms with Crippen molar-refractivity contribution in [3.8, 4) is 5.75 Å². The topological polar surface area (TPSA) is 95.1 Å². The summed E-state index contributed by atoms with van der Waals surface area (Å²) in [6, 6.07) is 11.0. The zero-order chi connectivity index (χ0) is 18.2. The fourth-order valence-corrected chi connectivity index (χ4v) is 2.85. The molecule has 0 saturated heterocycles. The van der Waals surface area contributed by atoms with Crippen molar-refractivity contribution in [2.45, 2.75) is 25.0 Å². The Bertz CT molecular complexity index is 835. The molecule has 0 aliphatic rings. The van der Waals surface area contributed by atoms with E-state index < -0.39 is 0 Å². The van der Waals surface area contributed by atoms with Crippen LogP contribution in [-0.2, 0) is 11.3 Å². The number of furan rings is 1. The van der Waals surface area contributed by atoms with Crippen molar-refractivity contribution in [3.05, 3.63) is 48.4 Å². The van der Waals surface area contributed by atoms with E-state index in [-0.39, 0.29) is 11.7 Å². The predicted octanol–water partition coefficient (Wildman–Crippen LogP) is 2.83. The molecular formula is C17H19N5O3S. The summed E-state index contributed by atoms with van der Waals surface area (Å²) in [5.41, 5.74) is 0.654. The quantitative estimate of drug-likeness (QED) is 0.576. The third-order valence-corrected chi connectivity index (χ3v) is 4.30. The Kier molecular flexibility index (Phi) is 6.26. The minimum Gasteiger partial charge on any atom is -0.491 e. The maximum Gasteiger partial charge on any atom is 0.234 e. The number of anilines is 1. The minimum atomic E-state index is -0.157. The fourth-order valence-electron chi connectivity index (χ4n) is 2.17. The van der Waals surface area contributed by atoms with Crippen LogP contribution in [0.15, 0.2) is 52.2 Å². The molecule has 0 saturated carbocycles. The van der Waals surface area contributed by atoms with Gasteiger partial charge in [-0.3, -0.25) is 4.79 Å². The molecular weight excluding hydrogens is 354 g/mol. The Morgan fingerprint density at radius 3 is 3.00 bits per heavy atom. The van der Waals surface area contributed by atoms with E-state index in [4.69, 9.17) is 9.15 Å². The number of tetrazole rings is 1. The average Bonchev–Trinajstić information content (AvgIpc) is 3.32. The largest absolute Gasteiger partial charge is 0.491 e. The third kappa shape index (κ3) is 4.85. The van der Waals surface area contributed by atoms with Crippen molar-refractivity contribution in [3.63, 3.8) is 0 Å². The number of para-hydroxylation sites is 2. The number of nitrogens with one attached hydrogen (secondary N) is 1. The number of benzene rings is 1. The van der Waals surface area contributed by atoms with Crippen LogP contribution < -0.4 is 10.1 Å². The van der Waals surface area contributed by atoms with Crippen LogP contribution in [0.5, 0.6) is 5.75 Å². The van der Waals surface area contributed by atoms with E-state index in [1.54, 1.807) is 17.0 Å². The lowest BCUT2D eigenvalue weighted by molar-refractivity contribution is -0.113. The first kappa shape index (κ1) is 18.0. The number of hydrogen-bond donors (Lipinski definition) is 1. The Balaban J connectivity index is 1.56. The molecule has 3 aromatic rings. The van der Waals surface area contributed by atoms with Gasteiger partial charge in [0.25, 0.3) is 0 Å². The molecule has 1 aromatic carbocycles. The lowest BCUT2D eigenvalue weighted by atomic mass is 10.3. The van der Waals surface area contributed by atoms with Crippen LogP contribution in [0.25, 0.3) is 0 Å². The summed E-state index contributed by atoms with van der Waals surface area (Å²) in [4.78, 5) is 12.3. The van der Waals surface area contributed by atoms with Crippen molar-refractivity contribution in [2.75, 3.05) is 17.7 Å². The molecule has 0 atom stereocenters. The summed E-state index contributed by atoms with van der Waals surface area (Å²) in [6.07, 6.45) is 2.49. The molecule has 0 radical (unpaired) electrons. The third-order valence-electron chi connectivity index (χ3n) is 3.34. The van der Waals surface area contributed by atoms with Gasteiger partial charge in [0.1, 0.15) is 18.1 Å². The van der Waals surface area contributed by atoms with Crippen LogP contribution in [-0.4, -0.2) is 38.5 Å². The summed E-state index contributed by atoms with van der Waals surface area (Å²) < 4.78 is 12.5. The number of hydrogen-bond acceptors (Lipinski definition) is 7. The van der Waals surface area contributed by atoms with E-state index in [0.717, 1.165) is 12.2 Å². The molecule has 0 aliphatic carbocycles. The van der Waals surface area contributed by atoms with Crippen LogP contribution in [0.1, 0.15) is 19.1 Å². The SMILES string of the molecule is CCCOc1ccccc1NC(=O)CSc1nnnn1Cc1ccco1. The molecule has 0 spiro atoms. The number of ether oxygens (including phenoxy) is 1. The highest BCUT2D eigenvalue weighted by Gasteiger charge is 2.13. The van der Waals surface area contributed by atoms with Gasteiger partial charge in [0.2, 0.25) is 11.1 Å². The van der Waals surface area contributed by atoms with Crippen molar-refractivity contribution in [1.29, 1.82) is 0 Å². The Labute approximate surface area is 154 Å². The van der Waals surface area contributed by atoms with Gasteiger partial charge in [-0.2, -0.15) is 0 Å². The van der Waals surface area contributed by atoms with Gasteiger partial charge in [-0.25, -0.2) is 4.68 Å². The summed E-state index contributed by atoms with van der Waals surface area (Å²) in [7, 11) is 0. The number of carbonyl (C=O) groups excluding carboxylic acids is 1. The number of carbonyl (C=O) groups is 1. The van der Waals surface area contributed by atoms with Crippen molar-refractivity contribution < 1.29 is 13.9 Å². The average molecular weight is 373 g/mol. The number of nitrogens with zero attached hydrogens (tertiary/aromatic N) is 4. The number of rotatable bonds is 9. The van der Waals surface area contributed by atoms with Gasteiger partial charge >= 0.3 is 0 Å². The zero-order valence-corrected chi connectivity index (χ0v) is 15.1. The summed E-state index contributed by atoms with van der Waals surface area (Å²) in [5.74, 6) is 1.43. The second kappa shape index (κ2) is 9.04. The first-order valence-electron chi connectivity index (χ1n) is 8.19. The highest BCUT2D eigenvalue weighted by molar-refractivity contribution is 7.99. The van der Waals surface area contributed by atoms with Gasteiger partial charge in [-0.1, -0.05) is 30.8 Å². The molecule has 26 heavy (non-hydrogen) atoms. The van der Waals surface area contributed by atoms with Gasteiger partial charge < -0.3 is 14.5 Å². The molecule has 0 bridgehead atoms. The molecule has 3 rings (SSSR count). The predicted molar refractivity (Wildman–Crippen MR) is 97.2 cm³/mol. The summed E-state index contributed by atoms with van der Waals surface area (Å²) in [6.45, 7) is 3.05. The number of amides is 1. The maximum atomic E-state index is 12.3. The molecule has 1 amide bonds. The highest BCUT2D eigenvalue weighted by atomic mass is 32.2. The zero-order valence-electron chi connectivity index (χ0n) is 14.3. The second-order valence-electron chi connectivity index (χ2n) is 5.38. The van der Waals surface area contributed by atoms with Gasteiger partial charge in [-0.05, 0) is 41.1 Å². The molecule has 0 unspecified atom stereocenters. The van der Waals surface area contributed by atoms with Crippen molar-refractivity contribution in [1.82, 2.24) is 20.2 Å². The molecule has 0 aliphatic heterocycles. The van der Waals surface area contributed by atoms with Gasteiger partial charge in [0.15, 0.2) is 0 Å². The monoisotopic (exact) mass is 373 g/mol. The van der Waals surface area contributed by atoms with Crippen LogP contribution >= 0.6 is 11.8 Å². The maximum absolute atomic E-state index is 12.3. The Morgan fingerprint density at radius 1 is 1.31 bits per heavy atom. The van der Waals surface area contributed by atoms with E-state index in [2.05, 4.69) is 20.8 Å². The summed E-state index contributed by atoms with van der Waals surface area (Å²) in [5, 5.41) is 15.0. The number of thioether (sulfide) groups is 1. The van der Waals surface area contributed by atoms with Crippen molar-refractivity contribution >= 4 is 23.4 Å². The van der Waals surface area contributed by atoms with E-state index in [9.17, 15) is 4.79 Å². The standard InChI is InChI=1S/C17H19N5O3S/c1-2-9-25-15-8-4-3-7-14(15)18-16(23)12-26-17-19-20-21-22(17)11-13-6-5-10-24-13/h3-8,10H,2,9,11-12H2,1H3,(H,18,23). The second-order valence-corrected chi connectivity index (χ2v) is 6.32. The molecule has 9 heteroatoms. The lowest BCUT2D eigenvalue weighted by Gasteiger charge is -2.11. The summed E-state index contributed by atoms with van der Waals surface area (Å²) >= 11 is 1.26. The van der Waals surface area contributed by atoms with Crippen LogP contribution in [0.2, 0.25) is 0 Å². The van der Waals surface area contributed by atoms with E-state index >= 15 is 0 Å². The molecule has 136 valence electrons. The molecule has 2 heterocycles. The smallest absolute Gasteiger partial charge is 0.234 e. The Morgan fingerprint density at radius 2 is 2.19 bits per heavy atom. The minimum absolute atomic E-state index is 0.157. The van der Waals surface area contributed by atoms with E-state index in [1.165, 1.54) is 11.8 Å². The van der Waals surface area contributed by atoms with Crippen LogP contribution in [0.3, 0.4) is 0 Å². The van der Waals surface area contributed by atoms with Gasteiger partial charge in [0, 0.05) is 0 Å². The fraction of sp³-hybridized carbons (Fsp3) is 0.294. The molecule has 0 fully saturated rings. The van der Waals surface area contributed by atoms with E-state index in [0.29, 0.717) is 29.7 Å². The van der Waals surface area contributed by atoms with Crippen LogP contribution in [0, 0.1) is 0 Å². The highest BCUT2D eigenvalue weighted by Crippen LogP contribution is 2.24. The van der Waals surface area contributed by atoms with Gasteiger partial charge in [0.05, 0.1) is 24.3 Å². The number of aromatic nitrogens is 4. The Hall–Kier alpha value is -2.81. The van der Waals surface area contributed by atoms with E-state index in [1.807, 2.05) is 37.3 Å². The first-order valence-corrected chi connectivity index (χ1v) is 9.18. The van der Waals surface area contributed by atoms with Crippen LogP contribution in [0.4, 0.5) is 5.69 Å². The molecule has 8 nitrogen and oxygen atoms in total.